The van der Waals surface area contributed by atoms with Crippen LogP contribution < -0.4 is 0 Å². The molecule has 0 fully saturated rings. The van der Waals surface area contributed by atoms with Gasteiger partial charge in [-0.1, -0.05) is 221 Å². The second-order valence-electron chi connectivity index (χ2n) is 17.6. The van der Waals surface area contributed by atoms with Gasteiger partial charge in [0.15, 0.2) is 6.10 Å². The molecule has 0 bridgehead atoms. The molecule has 70 heavy (non-hydrogen) atoms. The summed E-state index contributed by atoms with van der Waals surface area (Å²) < 4.78 is 39.2. The highest BCUT2D eigenvalue weighted by Crippen LogP contribution is 2.43. The van der Waals surface area contributed by atoms with Crippen molar-refractivity contribution in [3.63, 3.8) is 0 Å². The van der Waals surface area contributed by atoms with Crippen LogP contribution >= 0.6 is 7.82 Å². The standard InChI is InChI=1S/C58H97O11P/c1-4-7-10-13-16-19-22-25-26-27-28-31-34-37-40-43-46-49-58(62)69-55(51-65-56(60)47-44-41-38-35-32-29-23-20-17-14-11-8-5-2)53-67-70(63,64)66-52-54(50-59)68-57(61)48-45-42-39-36-33-30-24-21-18-15-12-9-6-3/h8-9,11-12,17-18,20-21,29-30,32-33,38-39,41-42,54-55,59H,4-7,10,13-16,19,22-28,31,34-37,40,43-53H2,1-3H3,(H,63,64)/b11-8-,12-9-,20-17-,21-18-,32-29-,33-30-,41-38-,42-39-. The van der Waals surface area contributed by atoms with Crippen molar-refractivity contribution in [2.45, 2.75) is 226 Å². The van der Waals surface area contributed by atoms with Crippen molar-refractivity contribution >= 4 is 25.7 Å². The van der Waals surface area contributed by atoms with Gasteiger partial charge in [-0.2, -0.15) is 0 Å². The van der Waals surface area contributed by atoms with Crippen LogP contribution in [0.1, 0.15) is 213 Å². The number of carbonyl (C=O) groups excluding carboxylic acids is 3. The molecule has 0 spiro atoms. The molecule has 12 heteroatoms. The Morgan fingerprint density at radius 1 is 0.414 bits per heavy atom. The van der Waals surface area contributed by atoms with Crippen molar-refractivity contribution in [1.29, 1.82) is 0 Å². The average molecular weight is 1000 g/mol. The fraction of sp³-hybridized carbons (Fsp3) is 0.672. The van der Waals surface area contributed by atoms with Gasteiger partial charge in [0.25, 0.3) is 0 Å². The average Bonchev–Trinajstić information content (AvgIpc) is 3.35. The number of unbranched alkanes of at least 4 members (excludes halogenated alkanes) is 16. The molecule has 0 aliphatic rings. The van der Waals surface area contributed by atoms with E-state index in [2.05, 4.69) is 87.6 Å². The van der Waals surface area contributed by atoms with Crippen LogP contribution in [0.2, 0.25) is 0 Å². The van der Waals surface area contributed by atoms with Gasteiger partial charge in [0.05, 0.1) is 19.8 Å². The highest BCUT2D eigenvalue weighted by Gasteiger charge is 2.28. The van der Waals surface area contributed by atoms with Crippen LogP contribution in [-0.4, -0.2) is 66.5 Å². The second-order valence-corrected chi connectivity index (χ2v) is 19.1. The molecule has 0 aliphatic carbocycles. The van der Waals surface area contributed by atoms with E-state index in [0.29, 0.717) is 19.3 Å². The van der Waals surface area contributed by atoms with Crippen LogP contribution in [0, 0.1) is 0 Å². The highest BCUT2D eigenvalue weighted by molar-refractivity contribution is 7.47. The summed E-state index contributed by atoms with van der Waals surface area (Å²) in [6.45, 7) is 4.24. The first kappa shape index (κ1) is 66.4. The third-order valence-electron chi connectivity index (χ3n) is 11.0. The van der Waals surface area contributed by atoms with Crippen molar-refractivity contribution < 1.29 is 52.2 Å². The third kappa shape index (κ3) is 49.4. The molecule has 3 atom stereocenters. The van der Waals surface area contributed by atoms with Crippen LogP contribution in [0.3, 0.4) is 0 Å². The summed E-state index contributed by atoms with van der Waals surface area (Å²) in [5.74, 6) is -1.65. The Labute approximate surface area is 425 Å². The monoisotopic (exact) mass is 1000 g/mol. The fourth-order valence-electron chi connectivity index (χ4n) is 6.97. The summed E-state index contributed by atoms with van der Waals surface area (Å²) in [6, 6.07) is 0. The predicted octanol–water partition coefficient (Wildman–Crippen LogP) is 15.7. The molecule has 0 aromatic heterocycles. The largest absolute Gasteiger partial charge is 0.472 e. The Morgan fingerprint density at radius 3 is 1.14 bits per heavy atom. The van der Waals surface area contributed by atoms with E-state index in [1.54, 1.807) is 0 Å². The molecule has 11 nitrogen and oxygen atoms in total. The van der Waals surface area contributed by atoms with Gasteiger partial charge in [0.1, 0.15) is 12.7 Å². The zero-order chi connectivity index (χ0) is 51.3. The molecule has 0 heterocycles. The van der Waals surface area contributed by atoms with Crippen LogP contribution in [0.5, 0.6) is 0 Å². The van der Waals surface area contributed by atoms with Crippen molar-refractivity contribution in [1.82, 2.24) is 0 Å². The number of aliphatic hydroxyl groups is 1. The molecular weight excluding hydrogens is 904 g/mol. The maximum absolute atomic E-state index is 12.9. The number of phosphoric ester groups is 1. The van der Waals surface area contributed by atoms with E-state index >= 15 is 0 Å². The maximum Gasteiger partial charge on any atom is 0.472 e. The number of rotatable bonds is 49. The first-order valence-electron chi connectivity index (χ1n) is 27.1. The lowest BCUT2D eigenvalue weighted by molar-refractivity contribution is -0.161. The molecule has 3 unspecified atom stereocenters. The predicted molar refractivity (Wildman–Crippen MR) is 288 cm³/mol. The van der Waals surface area contributed by atoms with Gasteiger partial charge < -0.3 is 24.2 Å². The molecule has 0 aromatic rings. The maximum atomic E-state index is 12.9. The Hall–Kier alpha value is -3.60. The minimum Gasteiger partial charge on any atom is -0.462 e. The Kier molecular flexibility index (Phi) is 49.1. The number of allylic oxidation sites excluding steroid dienone is 16. The highest BCUT2D eigenvalue weighted by atomic mass is 31.2. The number of carbonyl (C=O) groups is 3. The van der Waals surface area contributed by atoms with Gasteiger partial charge >= 0.3 is 25.7 Å². The summed E-state index contributed by atoms with van der Waals surface area (Å²) in [5, 5.41) is 9.77. The quantitative estimate of drug-likeness (QED) is 0.0197. The van der Waals surface area contributed by atoms with Gasteiger partial charge in [0.2, 0.25) is 0 Å². The number of phosphoric acid groups is 1. The molecule has 0 aromatic carbocycles. The lowest BCUT2D eigenvalue weighted by Gasteiger charge is -2.21. The van der Waals surface area contributed by atoms with Crippen molar-refractivity contribution in [3.05, 3.63) is 97.2 Å². The number of hydrogen-bond donors (Lipinski definition) is 2. The van der Waals surface area contributed by atoms with Gasteiger partial charge in [-0.25, -0.2) is 4.57 Å². The van der Waals surface area contributed by atoms with Gasteiger partial charge in [-0.3, -0.25) is 23.4 Å². The van der Waals surface area contributed by atoms with Crippen molar-refractivity contribution in [2.24, 2.45) is 0 Å². The zero-order valence-electron chi connectivity index (χ0n) is 43.9. The first-order chi connectivity index (χ1) is 34.2. The van der Waals surface area contributed by atoms with E-state index in [0.717, 1.165) is 70.6 Å². The minimum atomic E-state index is -4.78. The lowest BCUT2D eigenvalue weighted by atomic mass is 10.0. The lowest BCUT2D eigenvalue weighted by Crippen LogP contribution is -2.30. The molecule has 0 rings (SSSR count). The summed E-state index contributed by atoms with van der Waals surface area (Å²) in [5.41, 5.74) is 0. The molecule has 400 valence electrons. The molecule has 0 amide bonds. The molecule has 2 N–H and O–H groups in total. The van der Waals surface area contributed by atoms with Crippen molar-refractivity contribution in [3.8, 4) is 0 Å². The second kappa shape index (κ2) is 51.7. The normalized spacial score (nSPS) is 14.2. The van der Waals surface area contributed by atoms with E-state index in [-0.39, 0.29) is 25.9 Å². The fourth-order valence-corrected chi connectivity index (χ4v) is 7.76. The van der Waals surface area contributed by atoms with Crippen LogP contribution in [0.25, 0.3) is 0 Å². The number of ether oxygens (including phenoxy) is 3. The van der Waals surface area contributed by atoms with E-state index in [4.69, 9.17) is 23.3 Å². The van der Waals surface area contributed by atoms with Crippen LogP contribution in [-0.2, 0) is 42.2 Å². The Morgan fingerprint density at radius 2 is 0.743 bits per heavy atom. The molecule has 0 radical (unpaired) electrons. The Balaban J connectivity index is 4.85. The van der Waals surface area contributed by atoms with Gasteiger partial charge in [-0.05, 0) is 70.6 Å². The molecule has 0 aliphatic heterocycles. The summed E-state index contributed by atoms with van der Waals surface area (Å²) >= 11 is 0. The van der Waals surface area contributed by atoms with Crippen LogP contribution in [0.15, 0.2) is 97.2 Å². The number of aliphatic hydroxyl groups excluding tert-OH is 1. The summed E-state index contributed by atoms with van der Waals surface area (Å²) in [7, 11) is -4.78. The Bertz CT molecular complexity index is 1540. The first-order valence-corrected chi connectivity index (χ1v) is 28.6. The van der Waals surface area contributed by atoms with Gasteiger partial charge in [0, 0.05) is 19.3 Å². The third-order valence-corrected chi connectivity index (χ3v) is 12.0. The number of esters is 3. The zero-order valence-corrected chi connectivity index (χ0v) is 44.8. The van der Waals surface area contributed by atoms with Crippen LogP contribution in [0.4, 0.5) is 0 Å². The van der Waals surface area contributed by atoms with E-state index in [1.165, 1.54) is 83.5 Å². The molecule has 0 saturated carbocycles. The topological polar surface area (TPSA) is 155 Å². The molecule has 0 saturated heterocycles. The molecular formula is C58H97O11P. The van der Waals surface area contributed by atoms with E-state index in [9.17, 15) is 28.9 Å². The summed E-state index contributed by atoms with van der Waals surface area (Å²) in [6.07, 6.45) is 59.8. The van der Waals surface area contributed by atoms with Gasteiger partial charge in [-0.15, -0.1) is 0 Å². The SMILES string of the molecule is CC/C=C\C/C=C\C/C=C\C/C=C\CCC(=O)OCC(COP(=O)(O)OCC(CO)OC(=O)CC/C=C\C/C=C\C/C=C\C/C=C\CC)OC(=O)CCCCCCCCCCCCCCCCCCC. The van der Waals surface area contributed by atoms with E-state index < -0.39 is 57.8 Å². The smallest absolute Gasteiger partial charge is 0.462 e. The number of hydrogen-bond acceptors (Lipinski definition) is 10. The minimum absolute atomic E-state index is 0.0483. The van der Waals surface area contributed by atoms with E-state index in [1.807, 2.05) is 30.4 Å². The van der Waals surface area contributed by atoms with Crippen molar-refractivity contribution in [2.75, 3.05) is 26.4 Å². The summed E-state index contributed by atoms with van der Waals surface area (Å²) in [4.78, 5) is 48.3.